The van der Waals surface area contributed by atoms with Gasteiger partial charge in [-0.2, -0.15) is 10.5 Å². The molecule has 0 unspecified atom stereocenters. The van der Waals surface area contributed by atoms with Gasteiger partial charge in [-0.25, -0.2) is 4.98 Å². The van der Waals surface area contributed by atoms with Crippen LogP contribution in [0, 0.1) is 28.1 Å². The summed E-state index contributed by atoms with van der Waals surface area (Å²) in [6, 6.07) is 11.4. The van der Waals surface area contributed by atoms with E-state index >= 15 is 0 Å². The van der Waals surface area contributed by atoms with E-state index in [1.54, 1.807) is 18.2 Å². The summed E-state index contributed by atoms with van der Waals surface area (Å²) < 4.78 is 0. The molecule has 1 heterocycles. The third kappa shape index (κ3) is 2.87. The van der Waals surface area contributed by atoms with Crippen LogP contribution in [0.3, 0.4) is 0 Å². The number of nitrogens with zero attached hydrogens (tertiary/aromatic N) is 3. The van der Waals surface area contributed by atoms with E-state index in [1.165, 1.54) is 0 Å². The molecule has 0 atom stereocenters. The molecule has 100 valence electrons. The van der Waals surface area contributed by atoms with Gasteiger partial charge in [0.05, 0.1) is 16.6 Å². The smallest absolute Gasteiger partial charge is 0.144 e. The van der Waals surface area contributed by atoms with Crippen LogP contribution in [0.15, 0.2) is 24.3 Å². The van der Waals surface area contributed by atoms with Gasteiger partial charge in [0.1, 0.15) is 18.0 Å². The van der Waals surface area contributed by atoms with Crippen molar-refractivity contribution in [3.63, 3.8) is 0 Å². The van der Waals surface area contributed by atoms with Crippen LogP contribution in [0.5, 0.6) is 0 Å². The van der Waals surface area contributed by atoms with E-state index in [9.17, 15) is 5.26 Å². The Balaban J connectivity index is 2.54. The Kier molecular flexibility index (Phi) is 3.59. The van der Waals surface area contributed by atoms with Gasteiger partial charge in [-0.05, 0) is 17.5 Å². The van der Waals surface area contributed by atoms with Crippen molar-refractivity contribution in [2.75, 3.05) is 11.9 Å². The van der Waals surface area contributed by atoms with Crippen molar-refractivity contribution in [2.45, 2.75) is 20.8 Å². The first-order chi connectivity index (χ1) is 9.44. The fraction of sp³-hybridized carbons (Fsp3) is 0.312. The van der Waals surface area contributed by atoms with Crippen LogP contribution in [0.25, 0.3) is 10.9 Å². The minimum atomic E-state index is 0.0815. The van der Waals surface area contributed by atoms with E-state index in [0.29, 0.717) is 29.0 Å². The molecule has 0 saturated carbocycles. The average Bonchev–Trinajstić information content (AvgIpc) is 2.42. The maximum absolute atomic E-state index is 9.24. The summed E-state index contributed by atoms with van der Waals surface area (Å²) in [5.41, 5.74) is 1.73. The largest absolute Gasteiger partial charge is 0.368 e. The molecule has 1 N–H and O–H groups in total. The van der Waals surface area contributed by atoms with Crippen LogP contribution in [-0.4, -0.2) is 11.5 Å². The van der Waals surface area contributed by atoms with Gasteiger partial charge in [0.25, 0.3) is 0 Å². The van der Waals surface area contributed by atoms with Crippen LogP contribution in [0.1, 0.15) is 31.9 Å². The van der Waals surface area contributed by atoms with E-state index in [0.717, 1.165) is 5.39 Å². The highest BCUT2D eigenvalue weighted by Crippen LogP contribution is 2.23. The Labute approximate surface area is 118 Å². The van der Waals surface area contributed by atoms with Crippen molar-refractivity contribution >= 4 is 16.7 Å². The predicted octanol–water partition coefficient (Wildman–Crippen LogP) is 3.44. The third-order valence-corrected chi connectivity index (χ3v) is 2.87. The lowest BCUT2D eigenvalue weighted by Crippen LogP contribution is -2.20. The number of hydrogen-bond acceptors (Lipinski definition) is 4. The van der Waals surface area contributed by atoms with Crippen molar-refractivity contribution in [1.29, 1.82) is 10.5 Å². The van der Waals surface area contributed by atoms with Crippen molar-refractivity contribution in [2.24, 2.45) is 5.41 Å². The third-order valence-electron chi connectivity index (χ3n) is 2.87. The zero-order valence-corrected chi connectivity index (χ0v) is 11.9. The second-order valence-electron chi connectivity index (χ2n) is 5.90. The first kappa shape index (κ1) is 13.8. The molecule has 2 aromatic rings. The van der Waals surface area contributed by atoms with Crippen LogP contribution in [-0.2, 0) is 0 Å². The van der Waals surface area contributed by atoms with E-state index in [-0.39, 0.29) is 5.41 Å². The zero-order valence-electron chi connectivity index (χ0n) is 11.9. The minimum Gasteiger partial charge on any atom is -0.368 e. The Morgan fingerprint density at radius 2 is 1.85 bits per heavy atom. The molecule has 0 amide bonds. The summed E-state index contributed by atoms with van der Waals surface area (Å²) in [7, 11) is 0. The highest BCUT2D eigenvalue weighted by Gasteiger charge is 2.13. The van der Waals surface area contributed by atoms with Crippen LogP contribution >= 0.6 is 0 Å². The fourth-order valence-corrected chi connectivity index (χ4v) is 1.86. The van der Waals surface area contributed by atoms with Gasteiger partial charge in [0.15, 0.2) is 0 Å². The Morgan fingerprint density at radius 3 is 2.45 bits per heavy atom. The second kappa shape index (κ2) is 5.19. The first-order valence-electron chi connectivity index (χ1n) is 6.42. The topological polar surface area (TPSA) is 72.5 Å². The summed E-state index contributed by atoms with van der Waals surface area (Å²) in [5.74, 6) is 0.539. The molecular weight excluding hydrogens is 248 g/mol. The van der Waals surface area contributed by atoms with Crippen molar-refractivity contribution < 1.29 is 0 Å². The summed E-state index contributed by atoms with van der Waals surface area (Å²) in [6.45, 7) is 7.02. The number of hydrogen-bond donors (Lipinski definition) is 1. The van der Waals surface area contributed by atoms with Gasteiger partial charge in [-0.15, -0.1) is 0 Å². The Hall–Kier alpha value is -2.59. The summed E-state index contributed by atoms with van der Waals surface area (Å²) in [5, 5.41) is 22.4. The number of fused-ring (bicyclic) bond motifs is 1. The van der Waals surface area contributed by atoms with E-state index in [1.807, 2.05) is 6.07 Å². The highest BCUT2D eigenvalue weighted by atomic mass is 15.0. The van der Waals surface area contributed by atoms with Crippen molar-refractivity contribution in [3.05, 3.63) is 35.4 Å². The van der Waals surface area contributed by atoms with Gasteiger partial charge in [0, 0.05) is 11.9 Å². The molecule has 0 fully saturated rings. The van der Waals surface area contributed by atoms with Gasteiger partial charge in [-0.1, -0.05) is 32.9 Å². The average molecular weight is 264 g/mol. The molecule has 4 heteroatoms. The van der Waals surface area contributed by atoms with Crippen LogP contribution < -0.4 is 5.32 Å². The highest BCUT2D eigenvalue weighted by molar-refractivity contribution is 5.87. The molecule has 0 saturated heterocycles. The normalized spacial score (nSPS) is 10.8. The molecule has 4 nitrogen and oxygen atoms in total. The maximum Gasteiger partial charge on any atom is 0.144 e. The van der Waals surface area contributed by atoms with Crippen LogP contribution in [0.2, 0.25) is 0 Å². The molecule has 20 heavy (non-hydrogen) atoms. The lowest BCUT2D eigenvalue weighted by atomic mass is 9.97. The fourth-order valence-electron chi connectivity index (χ4n) is 1.86. The van der Waals surface area contributed by atoms with Gasteiger partial charge >= 0.3 is 0 Å². The van der Waals surface area contributed by atoms with Crippen molar-refractivity contribution in [1.82, 2.24) is 4.98 Å². The lowest BCUT2D eigenvalue weighted by molar-refractivity contribution is 0.442. The SMILES string of the molecule is CC(C)(C)CNc1nc2c(C#N)cccc2cc1C#N. The maximum atomic E-state index is 9.24. The number of anilines is 1. The standard InChI is InChI=1S/C16H16N4/c1-16(2,3)10-19-15-13(9-18)7-11-5-4-6-12(8-17)14(11)20-15/h4-7H,10H2,1-3H3,(H,19,20). The Morgan fingerprint density at radius 1 is 1.15 bits per heavy atom. The molecule has 0 spiro atoms. The predicted molar refractivity (Wildman–Crippen MR) is 79.1 cm³/mol. The summed E-state index contributed by atoms with van der Waals surface area (Å²) >= 11 is 0. The number of para-hydroxylation sites is 1. The van der Waals surface area contributed by atoms with Gasteiger partial charge in [-0.3, -0.25) is 0 Å². The molecule has 0 aliphatic rings. The molecule has 0 bridgehead atoms. The van der Waals surface area contributed by atoms with E-state index in [4.69, 9.17) is 5.26 Å². The number of benzene rings is 1. The molecule has 0 radical (unpaired) electrons. The lowest BCUT2D eigenvalue weighted by Gasteiger charge is -2.19. The summed E-state index contributed by atoms with van der Waals surface area (Å²) in [4.78, 5) is 4.46. The monoisotopic (exact) mass is 264 g/mol. The molecule has 0 aliphatic carbocycles. The summed E-state index contributed by atoms with van der Waals surface area (Å²) in [6.07, 6.45) is 0. The van der Waals surface area contributed by atoms with E-state index in [2.05, 4.69) is 43.2 Å². The molecular formula is C16H16N4. The molecule has 1 aromatic heterocycles. The van der Waals surface area contributed by atoms with Gasteiger partial charge in [0.2, 0.25) is 0 Å². The first-order valence-corrected chi connectivity index (χ1v) is 6.42. The molecule has 1 aromatic carbocycles. The molecule has 0 aliphatic heterocycles. The zero-order chi connectivity index (χ0) is 14.8. The number of nitrogens with one attached hydrogen (secondary N) is 1. The number of aromatic nitrogens is 1. The van der Waals surface area contributed by atoms with Gasteiger partial charge < -0.3 is 5.32 Å². The molecule has 2 rings (SSSR count). The number of nitriles is 2. The minimum absolute atomic E-state index is 0.0815. The van der Waals surface area contributed by atoms with Crippen LogP contribution in [0.4, 0.5) is 5.82 Å². The second-order valence-corrected chi connectivity index (χ2v) is 5.90. The number of rotatable bonds is 2. The van der Waals surface area contributed by atoms with Crippen molar-refractivity contribution in [3.8, 4) is 12.1 Å². The quantitative estimate of drug-likeness (QED) is 0.901. The van der Waals surface area contributed by atoms with E-state index < -0.39 is 0 Å². The number of pyridine rings is 1. The Bertz CT molecular complexity index is 727.